The minimum Gasteiger partial charge on any atom is -0.458 e. The first-order valence-corrected chi connectivity index (χ1v) is 12.6. The molecule has 3 aliphatic rings. The van der Waals surface area contributed by atoms with Crippen LogP contribution in [0.3, 0.4) is 0 Å². The van der Waals surface area contributed by atoms with E-state index >= 15 is 0 Å². The third-order valence-electron chi connectivity index (χ3n) is 7.96. The SMILES string of the molecule is Cc1c(Cl)cc2nc3c(c4c2c1CCC4NC(=O)C(C)(C)CO)Cn1c-3cc2c(c1=O)COC(=O)C2O. The predicted molar refractivity (Wildman–Crippen MR) is 135 cm³/mol. The van der Waals surface area contributed by atoms with Crippen molar-refractivity contribution >= 4 is 34.4 Å². The average molecular weight is 524 g/mol. The van der Waals surface area contributed by atoms with E-state index in [-0.39, 0.29) is 48.4 Å². The van der Waals surface area contributed by atoms with Gasteiger partial charge < -0.3 is 24.8 Å². The van der Waals surface area contributed by atoms with Crippen molar-refractivity contribution in [3.05, 3.63) is 60.9 Å². The van der Waals surface area contributed by atoms with Gasteiger partial charge in [0, 0.05) is 21.5 Å². The topological polar surface area (TPSA) is 131 Å². The van der Waals surface area contributed by atoms with Gasteiger partial charge in [-0.1, -0.05) is 11.6 Å². The summed E-state index contributed by atoms with van der Waals surface area (Å²) in [6.45, 7) is 5.07. The fraction of sp³-hybridized carbons (Fsp3) is 0.407. The Labute approximate surface area is 217 Å². The Morgan fingerprint density at radius 3 is 2.76 bits per heavy atom. The molecule has 0 bridgehead atoms. The summed E-state index contributed by atoms with van der Waals surface area (Å²) in [5.74, 6) is -1.06. The first kappa shape index (κ1) is 24.1. The normalized spacial score (nSPS) is 19.8. The zero-order chi connectivity index (χ0) is 26.4. The molecule has 9 nitrogen and oxygen atoms in total. The highest BCUT2D eigenvalue weighted by Gasteiger charge is 2.38. The van der Waals surface area contributed by atoms with Gasteiger partial charge in [-0.2, -0.15) is 0 Å². The molecule has 6 rings (SSSR count). The van der Waals surface area contributed by atoms with Gasteiger partial charge in [0.25, 0.3) is 5.56 Å². The van der Waals surface area contributed by atoms with E-state index in [1.807, 2.05) is 6.92 Å². The highest BCUT2D eigenvalue weighted by atomic mass is 35.5. The second-order valence-electron chi connectivity index (χ2n) is 10.7. The molecule has 10 heteroatoms. The summed E-state index contributed by atoms with van der Waals surface area (Å²) in [5, 5.41) is 24.8. The van der Waals surface area contributed by atoms with E-state index in [1.54, 1.807) is 30.5 Å². The summed E-state index contributed by atoms with van der Waals surface area (Å²) in [7, 11) is 0. The first-order chi connectivity index (χ1) is 17.5. The Balaban J connectivity index is 1.61. The van der Waals surface area contributed by atoms with Gasteiger partial charge >= 0.3 is 5.97 Å². The van der Waals surface area contributed by atoms with E-state index < -0.39 is 17.5 Å². The van der Waals surface area contributed by atoms with Crippen LogP contribution in [0.25, 0.3) is 22.3 Å². The van der Waals surface area contributed by atoms with Crippen molar-refractivity contribution in [2.75, 3.05) is 6.61 Å². The number of fused-ring (bicyclic) bond motifs is 5. The number of hydrogen-bond acceptors (Lipinski definition) is 7. The molecule has 3 aromatic rings. The number of rotatable bonds is 3. The minimum atomic E-state index is -1.54. The molecule has 0 radical (unpaired) electrons. The van der Waals surface area contributed by atoms with Crippen LogP contribution in [0.1, 0.15) is 65.8 Å². The summed E-state index contributed by atoms with van der Waals surface area (Å²) < 4.78 is 6.58. The van der Waals surface area contributed by atoms with E-state index in [4.69, 9.17) is 21.3 Å². The quantitative estimate of drug-likeness (QED) is 0.352. The smallest absolute Gasteiger partial charge is 0.340 e. The highest BCUT2D eigenvalue weighted by Crippen LogP contribution is 2.46. The first-order valence-electron chi connectivity index (χ1n) is 12.2. The van der Waals surface area contributed by atoms with Gasteiger partial charge in [0.2, 0.25) is 5.91 Å². The van der Waals surface area contributed by atoms with Crippen LogP contribution in [0.4, 0.5) is 0 Å². The number of cyclic esters (lactones) is 1. The van der Waals surface area contributed by atoms with Crippen molar-refractivity contribution in [2.24, 2.45) is 5.41 Å². The number of esters is 1. The number of halogens is 1. The molecule has 192 valence electrons. The lowest BCUT2D eigenvalue weighted by molar-refractivity contribution is -0.157. The molecular formula is C27H26ClN3O6. The van der Waals surface area contributed by atoms with Crippen molar-refractivity contribution in [3.8, 4) is 11.4 Å². The number of pyridine rings is 2. The lowest BCUT2D eigenvalue weighted by atomic mass is 9.81. The molecule has 1 aromatic carbocycles. The van der Waals surface area contributed by atoms with Crippen molar-refractivity contribution in [1.82, 2.24) is 14.9 Å². The van der Waals surface area contributed by atoms with Crippen LogP contribution in [-0.2, 0) is 33.9 Å². The number of hydrogen-bond donors (Lipinski definition) is 3. The fourth-order valence-corrected chi connectivity index (χ4v) is 5.89. The minimum absolute atomic E-state index is 0.198. The number of aromatic nitrogens is 2. The molecule has 1 aliphatic carbocycles. The standard InChI is InChI=1S/C27H26ClN3O6/c1-11-12-4-5-17(30-26(36)27(2,3)10-32)21-14-8-31-19(22(14)29-18(20(12)21)7-16(11)28)6-13-15(24(31)34)9-37-25(35)23(13)33/h6-7,17,23,32-33H,4-5,8-10H2,1-3H3,(H,30,36). The summed E-state index contributed by atoms with van der Waals surface area (Å²) in [6, 6.07) is 3.08. The van der Waals surface area contributed by atoms with Crippen molar-refractivity contribution in [3.63, 3.8) is 0 Å². The van der Waals surface area contributed by atoms with Crippen LogP contribution >= 0.6 is 11.6 Å². The molecule has 0 saturated heterocycles. The monoisotopic (exact) mass is 523 g/mol. The Morgan fingerprint density at radius 2 is 2.03 bits per heavy atom. The number of carbonyl (C=O) groups excluding carboxylic acids is 2. The molecule has 2 aliphatic heterocycles. The van der Waals surface area contributed by atoms with E-state index in [0.717, 1.165) is 27.6 Å². The Bertz CT molecular complexity index is 1610. The summed E-state index contributed by atoms with van der Waals surface area (Å²) in [4.78, 5) is 43.5. The number of aryl methyl sites for hydroxylation is 1. The number of nitrogens with zero attached hydrogens (tertiary/aromatic N) is 2. The highest BCUT2D eigenvalue weighted by molar-refractivity contribution is 6.32. The summed E-state index contributed by atoms with van der Waals surface area (Å²) >= 11 is 6.58. The molecule has 3 N–H and O–H groups in total. The molecule has 4 heterocycles. The van der Waals surface area contributed by atoms with Crippen LogP contribution in [0.2, 0.25) is 5.02 Å². The van der Waals surface area contributed by atoms with Crippen LogP contribution in [0.5, 0.6) is 0 Å². The van der Waals surface area contributed by atoms with Crippen LogP contribution in [-0.4, -0.2) is 38.2 Å². The number of amides is 1. The predicted octanol–water partition coefficient (Wildman–Crippen LogP) is 2.60. The molecule has 0 saturated carbocycles. The fourth-order valence-electron chi connectivity index (χ4n) is 5.67. The van der Waals surface area contributed by atoms with E-state index in [9.17, 15) is 24.6 Å². The molecule has 2 aromatic heterocycles. The van der Waals surface area contributed by atoms with Crippen molar-refractivity contribution in [1.29, 1.82) is 0 Å². The number of aliphatic hydroxyl groups excluding tert-OH is 2. The Hall–Kier alpha value is -3.27. The Morgan fingerprint density at radius 1 is 1.27 bits per heavy atom. The molecule has 0 spiro atoms. The molecule has 2 unspecified atom stereocenters. The van der Waals surface area contributed by atoms with Crippen LogP contribution < -0.4 is 10.9 Å². The maximum absolute atomic E-state index is 13.5. The number of ether oxygens (including phenoxy) is 1. The summed E-state index contributed by atoms with van der Waals surface area (Å²) in [6.07, 6.45) is -0.231. The molecule has 0 fully saturated rings. The number of aliphatic hydroxyl groups is 2. The van der Waals surface area contributed by atoms with Gasteiger partial charge in [-0.25, -0.2) is 9.78 Å². The molecule has 2 atom stereocenters. The maximum Gasteiger partial charge on any atom is 0.340 e. The lowest BCUT2D eigenvalue weighted by Gasteiger charge is -2.32. The van der Waals surface area contributed by atoms with Gasteiger partial charge in [-0.15, -0.1) is 0 Å². The van der Waals surface area contributed by atoms with Gasteiger partial charge in [0.1, 0.15) is 6.61 Å². The number of benzene rings is 1. The largest absolute Gasteiger partial charge is 0.458 e. The lowest BCUT2D eigenvalue weighted by Crippen LogP contribution is -2.42. The van der Waals surface area contributed by atoms with Gasteiger partial charge in [-0.05, 0) is 62.4 Å². The third-order valence-corrected chi connectivity index (χ3v) is 8.35. The Kier molecular flexibility index (Phi) is 5.28. The van der Waals surface area contributed by atoms with Gasteiger partial charge in [0.05, 0.1) is 47.1 Å². The van der Waals surface area contributed by atoms with Crippen LogP contribution in [0.15, 0.2) is 16.9 Å². The average Bonchev–Trinajstić information content (AvgIpc) is 3.24. The zero-order valence-corrected chi connectivity index (χ0v) is 21.4. The third kappa shape index (κ3) is 3.37. The molecular weight excluding hydrogens is 498 g/mol. The number of carbonyl (C=O) groups is 2. The summed E-state index contributed by atoms with van der Waals surface area (Å²) in [5.41, 5.74) is 4.59. The molecule has 1 amide bonds. The van der Waals surface area contributed by atoms with Crippen LogP contribution in [0, 0.1) is 12.3 Å². The maximum atomic E-state index is 13.5. The van der Waals surface area contributed by atoms with Crippen molar-refractivity contribution in [2.45, 2.75) is 58.9 Å². The van der Waals surface area contributed by atoms with E-state index in [0.29, 0.717) is 34.8 Å². The van der Waals surface area contributed by atoms with Gasteiger partial charge in [-0.3, -0.25) is 9.59 Å². The van der Waals surface area contributed by atoms with E-state index in [1.165, 1.54) is 0 Å². The second-order valence-corrected chi connectivity index (χ2v) is 11.1. The zero-order valence-electron chi connectivity index (χ0n) is 20.6. The second kappa shape index (κ2) is 8.11. The molecule has 37 heavy (non-hydrogen) atoms. The van der Waals surface area contributed by atoms with Gasteiger partial charge in [0.15, 0.2) is 6.10 Å². The van der Waals surface area contributed by atoms with E-state index in [2.05, 4.69) is 5.32 Å². The number of nitrogens with one attached hydrogen (secondary N) is 1. The van der Waals surface area contributed by atoms with Crippen molar-refractivity contribution < 1.29 is 24.5 Å².